The van der Waals surface area contributed by atoms with Crippen LogP contribution in [-0.2, 0) is 6.54 Å². The average molecular weight is 426 g/mol. The van der Waals surface area contributed by atoms with Crippen molar-refractivity contribution in [3.05, 3.63) is 83.4 Å². The minimum Gasteiger partial charge on any atom is -0.394 e. The topological polar surface area (TPSA) is 85.0 Å². The number of hydrogen-bond acceptors (Lipinski definition) is 4. The van der Waals surface area contributed by atoms with Gasteiger partial charge in [-0.3, -0.25) is 4.79 Å². The Morgan fingerprint density at radius 1 is 1.10 bits per heavy atom. The first-order valence-electron chi connectivity index (χ1n) is 9.12. The van der Waals surface area contributed by atoms with Crippen LogP contribution in [0.5, 0.6) is 0 Å². The van der Waals surface area contributed by atoms with E-state index >= 15 is 0 Å². The highest BCUT2D eigenvalue weighted by molar-refractivity contribution is 6.30. The van der Waals surface area contributed by atoms with E-state index in [1.54, 1.807) is 36.4 Å². The fourth-order valence-corrected chi connectivity index (χ4v) is 3.07. The number of aliphatic hydroxyl groups is 1. The van der Waals surface area contributed by atoms with Crippen LogP contribution in [-0.4, -0.2) is 37.2 Å². The van der Waals surface area contributed by atoms with Crippen molar-refractivity contribution in [2.45, 2.75) is 6.54 Å². The van der Waals surface area contributed by atoms with Gasteiger partial charge in [0.05, 0.1) is 18.8 Å². The molecule has 4 rings (SSSR count). The van der Waals surface area contributed by atoms with E-state index in [1.807, 2.05) is 12.1 Å². The molecule has 0 fully saturated rings. The molecule has 2 heterocycles. The Hall–Kier alpha value is -3.49. The maximum absolute atomic E-state index is 14.0. The van der Waals surface area contributed by atoms with Gasteiger partial charge in [0, 0.05) is 22.8 Å². The Balaban J connectivity index is 1.58. The smallest absolute Gasteiger partial charge is 0.277 e. The number of benzene rings is 2. The second-order valence-electron chi connectivity index (χ2n) is 6.42. The molecule has 7 nitrogen and oxygen atoms in total. The lowest BCUT2D eigenvalue weighted by molar-refractivity contribution is 0.102. The maximum Gasteiger partial charge on any atom is 0.277 e. The van der Waals surface area contributed by atoms with Crippen LogP contribution in [0.4, 0.5) is 10.2 Å². The van der Waals surface area contributed by atoms with E-state index in [0.717, 1.165) is 5.56 Å². The summed E-state index contributed by atoms with van der Waals surface area (Å²) >= 11 is 5.93. The molecule has 0 spiro atoms. The number of anilines is 1. The standard InChI is InChI=1S/C21H17ClFN5O2/c22-15-7-5-14(6-8-15)18-13-20(28(26-18)11-12-29)24-21(30)17-9-10-27(25-17)19-4-2-1-3-16(19)23/h1-10,13,29H,11-12H2,(H,24,30). The van der Waals surface area contributed by atoms with Crippen molar-refractivity contribution in [2.24, 2.45) is 0 Å². The number of aromatic nitrogens is 4. The van der Waals surface area contributed by atoms with Gasteiger partial charge in [0.15, 0.2) is 5.69 Å². The first-order chi connectivity index (χ1) is 14.5. The highest BCUT2D eigenvalue weighted by Gasteiger charge is 2.16. The molecule has 4 aromatic rings. The molecule has 1 amide bonds. The van der Waals surface area contributed by atoms with Crippen LogP contribution in [0.15, 0.2) is 66.9 Å². The normalized spacial score (nSPS) is 10.9. The molecule has 0 aliphatic heterocycles. The molecular formula is C21H17ClFN5O2. The van der Waals surface area contributed by atoms with Gasteiger partial charge in [-0.15, -0.1) is 0 Å². The van der Waals surface area contributed by atoms with Crippen LogP contribution < -0.4 is 5.32 Å². The third-order valence-corrected chi connectivity index (χ3v) is 4.65. The van der Waals surface area contributed by atoms with Crippen molar-refractivity contribution in [3.8, 4) is 16.9 Å². The second kappa shape index (κ2) is 8.48. The summed E-state index contributed by atoms with van der Waals surface area (Å²) in [5.74, 6) is -0.521. The van der Waals surface area contributed by atoms with Crippen LogP contribution in [0.1, 0.15) is 10.5 Å². The number of amides is 1. The summed E-state index contributed by atoms with van der Waals surface area (Å²) in [6.45, 7) is 0.0549. The van der Waals surface area contributed by atoms with Gasteiger partial charge in [-0.1, -0.05) is 35.9 Å². The molecule has 2 N–H and O–H groups in total. The Kier molecular flexibility index (Phi) is 5.60. The molecule has 9 heteroatoms. The second-order valence-corrected chi connectivity index (χ2v) is 6.86. The SMILES string of the molecule is O=C(Nc1cc(-c2ccc(Cl)cc2)nn1CCO)c1ccn(-c2ccccc2F)n1. The van der Waals surface area contributed by atoms with Gasteiger partial charge in [-0.05, 0) is 30.3 Å². The summed E-state index contributed by atoms with van der Waals surface area (Å²) in [5.41, 5.74) is 1.79. The zero-order valence-electron chi connectivity index (χ0n) is 15.7. The van der Waals surface area contributed by atoms with E-state index < -0.39 is 11.7 Å². The Bertz CT molecular complexity index is 1190. The number of rotatable bonds is 6. The Labute approximate surface area is 176 Å². The Morgan fingerprint density at radius 2 is 1.87 bits per heavy atom. The highest BCUT2D eigenvalue weighted by Crippen LogP contribution is 2.24. The molecule has 152 valence electrons. The van der Waals surface area contributed by atoms with Gasteiger partial charge in [0.2, 0.25) is 0 Å². The molecule has 2 aromatic heterocycles. The van der Waals surface area contributed by atoms with E-state index in [-0.39, 0.29) is 24.5 Å². The van der Waals surface area contributed by atoms with Crippen molar-refractivity contribution < 1.29 is 14.3 Å². The highest BCUT2D eigenvalue weighted by atomic mass is 35.5. The van der Waals surface area contributed by atoms with Crippen molar-refractivity contribution in [1.82, 2.24) is 19.6 Å². The number of nitrogens with zero attached hydrogens (tertiary/aromatic N) is 4. The predicted molar refractivity (Wildman–Crippen MR) is 111 cm³/mol. The zero-order valence-corrected chi connectivity index (χ0v) is 16.4. The zero-order chi connectivity index (χ0) is 21.1. The lowest BCUT2D eigenvalue weighted by Crippen LogP contribution is -2.17. The summed E-state index contributed by atoms with van der Waals surface area (Å²) in [4.78, 5) is 12.7. The fourth-order valence-electron chi connectivity index (χ4n) is 2.94. The summed E-state index contributed by atoms with van der Waals surface area (Å²) < 4.78 is 16.7. The third kappa shape index (κ3) is 4.10. The maximum atomic E-state index is 14.0. The van der Waals surface area contributed by atoms with Gasteiger partial charge in [-0.25, -0.2) is 13.8 Å². The number of aliphatic hydroxyl groups excluding tert-OH is 1. The number of carbonyl (C=O) groups excluding carboxylic acids is 1. The van der Waals surface area contributed by atoms with Crippen LogP contribution in [0.3, 0.4) is 0 Å². The monoisotopic (exact) mass is 425 g/mol. The minimum absolute atomic E-state index is 0.114. The molecule has 0 saturated heterocycles. The summed E-state index contributed by atoms with van der Waals surface area (Å²) in [6, 6.07) is 16.5. The first kappa shape index (κ1) is 19.8. The lowest BCUT2D eigenvalue weighted by atomic mass is 10.1. The number of para-hydroxylation sites is 1. The van der Waals surface area contributed by atoms with Crippen LogP contribution >= 0.6 is 11.6 Å². The minimum atomic E-state index is -0.480. The van der Waals surface area contributed by atoms with E-state index in [0.29, 0.717) is 16.5 Å². The Morgan fingerprint density at radius 3 is 2.60 bits per heavy atom. The number of carbonyl (C=O) groups is 1. The molecule has 0 saturated carbocycles. The molecule has 0 bridgehead atoms. The van der Waals surface area contributed by atoms with Crippen LogP contribution in [0.2, 0.25) is 5.02 Å². The molecule has 0 atom stereocenters. The number of hydrogen-bond donors (Lipinski definition) is 2. The van der Waals surface area contributed by atoms with Crippen molar-refractivity contribution in [1.29, 1.82) is 0 Å². The predicted octanol–water partition coefficient (Wildman–Crippen LogP) is 3.77. The fraction of sp³-hybridized carbons (Fsp3) is 0.0952. The molecule has 0 radical (unpaired) electrons. The van der Waals surface area contributed by atoms with Gasteiger partial charge < -0.3 is 10.4 Å². The van der Waals surface area contributed by atoms with E-state index in [2.05, 4.69) is 15.5 Å². The van der Waals surface area contributed by atoms with Gasteiger partial charge >= 0.3 is 0 Å². The molecular weight excluding hydrogens is 409 g/mol. The van der Waals surface area contributed by atoms with E-state index in [4.69, 9.17) is 11.6 Å². The van der Waals surface area contributed by atoms with Crippen molar-refractivity contribution in [3.63, 3.8) is 0 Å². The van der Waals surface area contributed by atoms with Gasteiger partial charge in [-0.2, -0.15) is 10.2 Å². The van der Waals surface area contributed by atoms with E-state index in [9.17, 15) is 14.3 Å². The van der Waals surface area contributed by atoms with E-state index in [1.165, 1.54) is 27.7 Å². The molecule has 0 aliphatic carbocycles. The average Bonchev–Trinajstić information content (AvgIpc) is 3.37. The van der Waals surface area contributed by atoms with Crippen LogP contribution in [0.25, 0.3) is 16.9 Å². The quantitative estimate of drug-likeness (QED) is 0.492. The number of halogens is 2. The summed E-state index contributed by atoms with van der Waals surface area (Å²) in [5, 5.41) is 21.3. The molecule has 30 heavy (non-hydrogen) atoms. The lowest BCUT2D eigenvalue weighted by Gasteiger charge is -2.06. The third-order valence-electron chi connectivity index (χ3n) is 4.39. The largest absolute Gasteiger partial charge is 0.394 e. The van der Waals surface area contributed by atoms with Gasteiger partial charge in [0.25, 0.3) is 5.91 Å². The van der Waals surface area contributed by atoms with Crippen molar-refractivity contribution >= 4 is 23.3 Å². The number of nitrogens with one attached hydrogen (secondary N) is 1. The van der Waals surface area contributed by atoms with Crippen LogP contribution in [0, 0.1) is 5.82 Å². The molecule has 2 aromatic carbocycles. The molecule has 0 aliphatic rings. The molecule has 0 unspecified atom stereocenters. The van der Waals surface area contributed by atoms with Crippen molar-refractivity contribution in [2.75, 3.05) is 11.9 Å². The first-order valence-corrected chi connectivity index (χ1v) is 9.49. The summed E-state index contributed by atoms with van der Waals surface area (Å²) in [7, 11) is 0. The van der Waals surface area contributed by atoms with Gasteiger partial charge in [0.1, 0.15) is 17.3 Å². The summed E-state index contributed by atoms with van der Waals surface area (Å²) in [6.07, 6.45) is 1.51.